The van der Waals surface area contributed by atoms with E-state index < -0.39 is 47.7 Å². The van der Waals surface area contributed by atoms with Gasteiger partial charge in [-0.1, -0.05) is 18.2 Å². The Kier molecular flexibility index (Phi) is 6.48. The highest BCUT2D eigenvalue weighted by Gasteiger charge is 2.49. The second-order valence-corrected chi connectivity index (χ2v) is 6.78. The standard InChI is InChI=1S/C20H22N2O8/c1-11-9-22(20(26)21-17(11)24)18-16(29-12(2)23)15(27-3)14(30-18)10-28-19(25)13-7-5-4-6-8-13/h4-9,14-16,18H,10H2,1-3H3,(H,21,24,26)/t14-,15-,16-,18-/m1/s1. The van der Waals surface area contributed by atoms with Crippen LogP contribution in [0.25, 0.3) is 0 Å². The van der Waals surface area contributed by atoms with E-state index in [1.165, 1.54) is 27.2 Å². The first-order chi connectivity index (χ1) is 14.3. The van der Waals surface area contributed by atoms with Gasteiger partial charge in [0.15, 0.2) is 12.3 Å². The Bertz CT molecular complexity index is 1030. The number of rotatable bonds is 6. The normalized spacial score (nSPS) is 23.2. The highest BCUT2D eigenvalue weighted by Crippen LogP contribution is 2.33. The third-order valence-corrected chi connectivity index (χ3v) is 4.67. The Balaban J connectivity index is 1.85. The van der Waals surface area contributed by atoms with Crippen molar-refractivity contribution in [2.24, 2.45) is 0 Å². The van der Waals surface area contributed by atoms with Gasteiger partial charge in [-0.3, -0.25) is 19.1 Å². The van der Waals surface area contributed by atoms with E-state index in [1.807, 2.05) is 0 Å². The number of aryl methyl sites for hydroxylation is 1. The van der Waals surface area contributed by atoms with Gasteiger partial charge in [0.2, 0.25) is 0 Å². The average molecular weight is 418 g/mol. The number of aromatic amines is 1. The van der Waals surface area contributed by atoms with Crippen molar-refractivity contribution in [3.8, 4) is 0 Å². The van der Waals surface area contributed by atoms with E-state index in [4.69, 9.17) is 18.9 Å². The van der Waals surface area contributed by atoms with Crippen molar-refractivity contribution in [1.29, 1.82) is 0 Å². The van der Waals surface area contributed by atoms with Gasteiger partial charge in [0.05, 0.1) is 5.56 Å². The summed E-state index contributed by atoms with van der Waals surface area (Å²) in [6.45, 7) is 2.54. The zero-order valence-electron chi connectivity index (χ0n) is 16.7. The van der Waals surface area contributed by atoms with Crippen LogP contribution in [-0.2, 0) is 23.7 Å². The van der Waals surface area contributed by atoms with Crippen LogP contribution in [-0.4, -0.2) is 53.5 Å². The molecular weight excluding hydrogens is 396 g/mol. The Morgan fingerprint density at radius 3 is 2.50 bits per heavy atom. The highest BCUT2D eigenvalue weighted by atomic mass is 16.6. The van der Waals surface area contributed by atoms with Crippen molar-refractivity contribution in [2.75, 3.05) is 13.7 Å². The van der Waals surface area contributed by atoms with Gasteiger partial charge in [0.25, 0.3) is 5.56 Å². The Morgan fingerprint density at radius 2 is 1.87 bits per heavy atom. The van der Waals surface area contributed by atoms with Gasteiger partial charge in [0.1, 0.15) is 18.8 Å². The van der Waals surface area contributed by atoms with E-state index >= 15 is 0 Å². The number of methoxy groups -OCH3 is 1. The molecule has 2 aromatic rings. The van der Waals surface area contributed by atoms with Gasteiger partial charge in [-0.2, -0.15) is 0 Å². The molecule has 1 aliphatic rings. The molecule has 10 nitrogen and oxygen atoms in total. The first-order valence-corrected chi connectivity index (χ1v) is 9.21. The topological polar surface area (TPSA) is 126 Å². The van der Waals surface area contributed by atoms with Gasteiger partial charge < -0.3 is 18.9 Å². The summed E-state index contributed by atoms with van der Waals surface area (Å²) in [4.78, 5) is 50.1. The number of ether oxygens (including phenoxy) is 4. The van der Waals surface area contributed by atoms with Gasteiger partial charge >= 0.3 is 17.6 Å². The number of carbonyl (C=O) groups is 2. The number of nitrogens with one attached hydrogen (secondary N) is 1. The molecule has 4 atom stereocenters. The van der Waals surface area contributed by atoms with Crippen molar-refractivity contribution in [3.05, 3.63) is 68.5 Å². The third-order valence-electron chi connectivity index (χ3n) is 4.67. The van der Waals surface area contributed by atoms with Crippen molar-refractivity contribution in [2.45, 2.75) is 38.4 Å². The van der Waals surface area contributed by atoms with E-state index in [9.17, 15) is 19.2 Å². The quantitative estimate of drug-likeness (QED) is 0.674. The fourth-order valence-corrected chi connectivity index (χ4v) is 3.26. The van der Waals surface area contributed by atoms with Crippen LogP contribution < -0.4 is 11.2 Å². The van der Waals surface area contributed by atoms with E-state index in [2.05, 4.69) is 4.98 Å². The van der Waals surface area contributed by atoms with Gasteiger partial charge in [-0.25, -0.2) is 9.59 Å². The van der Waals surface area contributed by atoms with Crippen LogP contribution in [0.15, 0.2) is 46.1 Å². The number of carbonyl (C=O) groups excluding carboxylic acids is 2. The third kappa shape index (κ3) is 4.50. The summed E-state index contributed by atoms with van der Waals surface area (Å²) in [5, 5.41) is 0. The Morgan fingerprint density at radius 1 is 1.17 bits per heavy atom. The first kappa shape index (κ1) is 21.5. The highest BCUT2D eigenvalue weighted by molar-refractivity contribution is 5.89. The predicted octanol–water partition coefficient (Wildman–Crippen LogP) is 0.546. The molecule has 1 saturated heterocycles. The monoisotopic (exact) mass is 418 g/mol. The second-order valence-electron chi connectivity index (χ2n) is 6.78. The minimum absolute atomic E-state index is 0.197. The number of hydrogen-bond donors (Lipinski definition) is 1. The summed E-state index contributed by atoms with van der Waals surface area (Å²) in [5.41, 5.74) is -0.628. The molecule has 1 aliphatic heterocycles. The summed E-state index contributed by atoms with van der Waals surface area (Å²) in [6, 6.07) is 8.41. The number of nitrogens with zero attached hydrogens (tertiary/aromatic N) is 1. The lowest BCUT2D eigenvalue weighted by atomic mass is 10.1. The number of H-pyrrole nitrogens is 1. The van der Waals surface area contributed by atoms with E-state index in [1.54, 1.807) is 30.3 Å². The minimum Gasteiger partial charge on any atom is -0.459 e. The van der Waals surface area contributed by atoms with Crippen LogP contribution in [0.3, 0.4) is 0 Å². The summed E-state index contributed by atoms with van der Waals surface area (Å²) in [7, 11) is 1.39. The van der Waals surface area contributed by atoms with Crippen LogP contribution in [0.2, 0.25) is 0 Å². The Hall–Kier alpha value is -3.24. The lowest BCUT2D eigenvalue weighted by Gasteiger charge is -2.23. The first-order valence-electron chi connectivity index (χ1n) is 9.21. The largest absolute Gasteiger partial charge is 0.459 e. The predicted molar refractivity (Wildman–Crippen MR) is 103 cm³/mol. The van der Waals surface area contributed by atoms with Crippen LogP contribution in [0.4, 0.5) is 0 Å². The summed E-state index contributed by atoms with van der Waals surface area (Å²) in [5.74, 6) is -1.16. The zero-order chi connectivity index (χ0) is 21.8. The van der Waals surface area contributed by atoms with Gasteiger partial charge in [0, 0.05) is 25.8 Å². The van der Waals surface area contributed by atoms with Gasteiger partial charge in [-0.05, 0) is 19.1 Å². The molecule has 0 radical (unpaired) electrons. The fraction of sp³-hybridized carbons (Fsp3) is 0.400. The molecule has 0 bridgehead atoms. The Labute approximate surface area is 171 Å². The summed E-state index contributed by atoms with van der Waals surface area (Å²) >= 11 is 0. The van der Waals surface area contributed by atoms with Crippen LogP contribution >= 0.6 is 0 Å². The fourth-order valence-electron chi connectivity index (χ4n) is 3.26. The van der Waals surface area contributed by atoms with Crippen LogP contribution in [0.1, 0.15) is 29.1 Å². The molecule has 1 aromatic heterocycles. The molecule has 0 unspecified atom stereocenters. The van der Waals surface area contributed by atoms with E-state index in [-0.39, 0.29) is 12.2 Å². The minimum atomic E-state index is -1.08. The van der Waals surface area contributed by atoms with Gasteiger partial charge in [-0.15, -0.1) is 0 Å². The maximum absolute atomic E-state index is 12.3. The molecular formula is C20H22N2O8. The smallest absolute Gasteiger partial charge is 0.338 e. The van der Waals surface area contributed by atoms with Crippen molar-refractivity contribution >= 4 is 11.9 Å². The SMILES string of the molecule is CO[C@H]1[C@@H](OC(C)=O)[C@H](n2cc(C)c(=O)[nH]c2=O)O[C@@H]1COC(=O)c1ccccc1. The number of esters is 2. The molecule has 2 heterocycles. The van der Waals surface area contributed by atoms with Crippen molar-refractivity contribution in [1.82, 2.24) is 9.55 Å². The molecule has 1 fully saturated rings. The molecule has 1 N–H and O–H groups in total. The zero-order valence-corrected chi connectivity index (χ0v) is 16.7. The van der Waals surface area contributed by atoms with E-state index in [0.717, 1.165) is 4.57 Å². The van der Waals surface area contributed by atoms with Crippen LogP contribution in [0.5, 0.6) is 0 Å². The maximum atomic E-state index is 12.3. The molecule has 0 amide bonds. The molecule has 10 heteroatoms. The molecule has 1 aromatic carbocycles. The number of benzene rings is 1. The number of aromatic nitrogens is 2. The van der Waals surface area contributed by atoms with Crippen LogP contribution in [0, 0.1) is 6.92 Å². The molecule has 0 spiro atoms. The van der Waals surface area contributed by atoms with Crippen molar-refractivity contribution in [3.63, 3.8) is 0 Å². The molecule has 30 heavy (non-hydrogen) atoms. The second kappa shape index (κ2) is 9.06. The summed E-state index contributed by atoms with van der Waals surface area (Å²) in [6.07, 6.45) is -2.41. The summed E-state index contributed by atoms with van der Waals surface area (Å²) < 4.78 is 23.1. The molecule has 0 aliphatic carbocycles. The maximum Gasteiger partial charge on any atom is 0.338 e. The van der Waals surface area contributed by atoms with E-state index in [0.29, 0.717) is 5.56 Å². The van der Waals surface area contributed by atoms with Crippen molar-refractivity contribution < 1.29 is 28.5 Å². The molecule has 3 rings (SSSR count). The average Bonchev–Trinajstić information content (AvgIpc) is 3.05. The number of hydrogen-bond acceptors (Lipinski definition) is 8. The molecule has 0 saturated carbocycles. The lowest BCUT2D eigenvalue weighted by molar-refractivity contribution is -0.156. The lowest BCUT2D eigenvalue weighted by Crippen LogP contribution is -2.41. The molecule has 160 valence electrons.